The molecular formula is C17H22N4O. The van der Waals surface area contributed by atoms with Crippen LogP contribution in [0.2, 0.25) is 0 Å². The van der Waals surface area contributed by atoms with Crippen LogP contribution < -0.4 is 15.0 Å². The Morgan fingerprint density at radius 2 is 2.00 bits per heavy atom. The quantitative estimate of drug-likeness (QED) is 0.934. The van der Waals surface area contributed by atoms with Gasteiger partial charge in [0, 0.05) is 38.4 Å². The fourth-order valence-electron chi connectivity index (χ4n) is 2.67. The molecule has 0 aliphatic carbocycles. The summed E-state index contributed by atoms with van der Waals surface area (Å²) in [4.78, 5) is 11.3. The lowest BCUT2D eigenvalue weighted by Gasteiger charge is -2.19. The van der Waals surface area contributed by atoms with E-state index in [2.05, 4.69) is 26.3 Å². The van der Waals surface area contributed by atoms with Crippen LogP contribution in [0, 0.1) is 0 Å². The van der Waals surface area contributed by atoms with Crippen molar-refractivity contribution in [1.82, 2.24) is 15.3 Å². The second kappa shape index (κ2) is 7.22. The van der Waals surface area contributed by atoms with E-state index < -0.39 is 0 Å². The van der Waals surface area contributed by atoms with Crippen molar-refractivity contribution in [2.75, 3.05) is 38.2 Å². The number of hydrogen-bond donors (Lipinski definition) is 1. The normalized spacial score (nSPS) is 15.4. The SMILES string of the molecule is COc1cccc(Cc2cnc(N3CCCNCC3)nc2)c1. The summed E-state index contributed by atoms with van der Waals surface area (Å²) in [5, 5.41) is 3.39. The number of ether oxygens (including phenoxy) is 1. The van der Waals surface area contributed by atoms with Crippen LogP contribution in [-0.4, -0.2) is 43.3 Å². The molecule has 1 aliphatic rings. The van der Waals surface area contributed by atoms with Gasteiger partial charge in [0.2, 0.25) is 5.95 Å². The van der Waals surface area contributed by atoms with Gasteiger partial charge in [-0.3, -0.25) is 0 Å². The van der Waals surface area contributed by atoms with Crippen molar-refractivity contribution < 1.29 is 4.74 Å². The minimum Gasteiger partial charge on any atom is -0.497 e. The minimum atomic E-state index is 0.818. The van der Waals surface area contributed by atoms with E-state index in [9.17, 15) is 0 Å². The van der Waals surface area contributed by atoms with Crippen molar-refractivity contribution in [3.05, 3.63) is 47.8 Å². The van der Waals surface area contributed by atoms with E-state index in [-0.39, 0.29) is 0 Å². The predicted molar refractivity (Wildman–Crippen MR) is 87.5 cm³/mol. The third kappa shape index (κ3) is 3.74. The Morgan fingerprint density at radius 1 is 1.14 bits per heavy atom. The van der Waals surface area contributed by atoms with Crippen LogP contribution in [-0.2, 0) is 6.42 Å². The van der Waals surface area contributed by atoms with E-state index in [4.69, 9.17) is 4.74 Å². The number of nitrogens with zero attached hydrogens (tertiary/aromatic N) is 3. The lowest BCUT2D eigenvalue weighted by atomic mass is 10.1. The van der Waals surface area contributed by atoms with Crippen molar-refractivity contribution in [3.63, 3.8) is 0 Å². The molecule has 2 aromatic rings. The molecule has 116 valence electrons. The van der Waals surface area contributed by atoms with Gasteiger partial charge in [-0.15, -0.1) is 0 Å². The highest BCUT2D eigenvalue weighted by Gasteiger charge is 2.11. The fraction of sp³-hybridized carbons (Fsp3) is 0.412. The van der Waals surface area contributed by atoms with Gasteiger partial charge in [-0.2, -0.15) is 0 Å². The predicted octanol–water partition coefficient (Wildman–Crippen LogP) is 1.88. The van der Waals surface area contributed by atoms with Gasteiger partial charge in [0.05, 0.1) is 7.11 Å². The molecule has 22 heavy (non-hydrogen) atoms. The summed E-state index contributed by atoms with van der Waals surface area (Å²) >= 11 is 0. The van der Waals surface area contributed by atoms with Crippen LogP contribution in [0.4, 0.5) is 5.95 Å². The third-order valence-electron chi connectivity index (χ3n) is 3.86. The van der Waals surface area contributed by atoms with Crippen molar-refractivity contribution in [1.29, 1.82) is 0 Å². The largest absolute Gasteiger partial charge is 0.497 e. The Labute approximate surface area is 131 Å². The molecule has 0 saturated carbocycles. The highest BCUT2D eigenvalue weighted by Crippen LogP contribution is 2.16. The number of rotatable bonds is 4. The van der Waals surface area contributed by atoms with Gasteiger partial charge >= 0.3 is 0 Å². The molecule has 1 aliphatic heterocycles. The average molecular weight is 298 g/mol. The first-order chi connectivity index (χ1) is 10.8. The second-order valence-electron chi connectivity index (χ2n) is 5.51. The molecule has 1 N–H and O–H groups in total. The maximum atomic E-state index is 5.26. The number of anilines is 1. The highest BCUT2D eigenvalue weighted by molar-refractivity contribution is 5.34. The summed E-state index contributed by atoms with van der Waals surface area (Å²) in [5.74, 6) is 1.71. The first kappa shape index (κ1) is 14.8. The molecule has 1 fully saturated rings. The summed E-state index contributed by atoms with van der Waals surface area (Å²) in [6, 6.07) is 8.11. The maximum absolute atomic E-state index is 5.26. The van der Waals surface area contributed by atoms with Crippen molar-refractivity contribution in [2.45, 2.75) is 12.8 Å². The summed E-state index contributed by atoms with van der Waals surface area (Å²) < 4.78 is 5.26. The monoisotopic (exact) mass is 298 g/mol. The van der Waals surface area contributed by atoms with Crippen LogP contribution in [0.15, 0.2) is 36.7 Å². The first-order valence-electron chi connectivity index (χ1n) is 7.74. The zero-order valence-corrected chi connectivity index (χ0v) is 13.0. The molecule has 1 saturated heterocycles. The summed E-state index contributed by atoms with van der Waals surface area (Å²) in [6.07, 6.45) is 5.81. The highest BCUT2D eigenvalue weighted by atomic mass is 16.5. The van der Waals surface area contributed by atoms with Crippen LogP contribution in [0.3, 0.4) is 0 Å². The van der Waals surface area contributed by atoms with Crippen LogP contribution >= 0.6 is 0 Å². The molecule has 1 aromatic carbocycles. The van der Waals surface area contributed by atoms with Gasteiger partial charge in [-0.1, -0.05) is 12.1 Å². The minimum absolute atomic E-state index is 0.818. The van der Waals surface area contributed by atoms with Crippen LogP contribution in [0.5, 0.6) is 5.75 Å². The van der Waals surface area contributed by atoms with Gasteiger partial charge in [0.15, 0.2) is 0 Å². The van der Waals surface area contributed by atoms with Crippen molar-refractivity contribution >= 4 is 5.95 Å². The Kier molecular flexibility index (Phi) is 4.85. The Balaban J connectivity index is 1.68. The lowest BCUT2D eigenvalue weighted by molar-refractivity contribution is 0.414. The first-order valence-corrected chi connectivity index (χ1v) is 7.74. The number of benzene rings is 1. The Hall–Kier alpha value is -2.14. The van der Waals surface area contributed by atoms with Gasteiger partial charge < -0.3 is 15.0 Å². The molecule has 0 unspecified atom stereocenters. The van der Waals surface area contributed by atoms with E-state index in [1.807, 2.05) is 30.6 Å². The molecule has 1 aromatic heterocycles. The van der Waals surface area contributed by atoms with E-state index >= 15 is 0 Å². The van der Waals surface area contributed by atoms with Gasteiger partial charge in [0.25, 0.3) is 0 Å². The Bertz CT molecular complexity index is 592. The molecule has 0 radical (unpaired) electrons. The molecule has 3 rings (SSSR count). The second-order valence-corrected chi connectivity index (χ2v) is 5.51. The standard InChI is InChI=1S/C17H22N4O/c1-22-16-5-2-4-14(11-16)10-15-12-19-17(20-13-15)21-8-3-6-18-7-9-21/h2,4-5,11-13,18H,3,6-10H2,1H3. The molecule has 5 nitrogen and oxygen atoms in total. The Morgan fingerprint density at radius 3 is 2.82 bits per heavy atom. The van der Waals surface area contributed by atoms with Gasteiger partial charge in [-0.25, -0.2) is 9.97 Å². The number of hydrogen-bond acceptors (Lipinski definition) is 5. The van der Waals surface area contributed by atoms with E-state index in [1.165, 1.54) is 5.56 Å². The van der Waals surface area contributed by atoms with Crippen molar-refractivity contribution in [2.24, 2.45) is 0 Å². The average Bonchev–Trinajstić information content (AvgIpc) is 2.85. The molecule has 2 heterocycles. The molecule has 0 atom stereocenters. The zero-order valence-electron chi connectivity index (χ0n) is 13.0. The molecule has 0 bridgehead atoms. The molecule has 5 heteroatoms. The van der Waals surface area contributed by atoms with Crippen LogP contribution in [0.1, 0.15) is 17.5 Å². The van der Waals surface area contributed by atoms with E-state index in [0.29, 0.717) is 0 Å². The van der Waals surface area contributed by atoms with E-state index in [1.54, 1.807) is 7.11 Å². The number of nitrogens with one attached hydrogen (secondary N) is 1. The number of methoxy groups -OCH3 is 1. The molecular weight excluding hydrogens is 276 g/mol. The fourth-order valence-corrected chi connectivity index (χ4v) is 2.67. The lowest BCUT2D eigenvalue weighted by Crippen LogP contribution is -2.29. The molecule has 0 amide bonds. The topological polar surface area (TPSA) is 50.3 Å². The number of aromatic nitrogens is 2. The summed E-state index contributed by atoms with van der Waals surface area (Å²) in [7, 11) is 1.69. The van der Waals surface area contributed by atoms with E-state index in [0.717, 1.165) is 56.3 Å². The molecule has 0 spiro atoms. The smallest absolute Gasteiger partial charge is 0.225 e. The van der Waals surface area contributed by atoms with Gasteiger partial charge in [-0.05, 0) is 36.2 Å². The summed E-state index contributed by atoms with van der Waals surface area (Å²) in [5.41, 5.74) is 2.32. The van der Waals surface area contributed by atoms with Crippen molar-refractivity contribution in [3.8, 4) is 5.75 Å². The zero-order chi connectivity index (χ0) is 15.2. The third-order valence-corrected chi connectivity index (χ3v) is 3.86. The maximum Gasteiger partial charge on any atom is 0.225 e. The summed E-state index contributed by atoms with van der Waals surface area (Å²) in [6.45, 7) is 4.05. The van der Waals surface area contributed by atoms with Gasteiger partial charge in [0.1, 0.15) is 5.75 Å². The van der Waals surface area contributed by atoms with Crippen LogP contribution in [0.25, 0.3) is 0 Å².